The summed E-state index contributed by atoms with van der Waals surface area (Å²) in [5, 5.41) is 10.1. The molecule has 1 aliphatic carbocycles. The van der Waals surface area contributed by atoms with Gasteiger partial charge in [0, 0.05) is 18.3 Å². The molecule has 0 atom stereocenters. The van der Waals surface area contributed by atoms with E-state index >= 15 is 0 Å². The SMILES string of the molecule is CC(C)(O)c1ccc2c(c1)CCN2C1CCCC1. The second-order valence-electron chi connectivity index (χ2n) is 6.28. The van der Waals surface area contributed by atoms with Gasteiger partial charge in [-0.2, -0.15) is 0 Å². The van der Waals surface area contributed by atoms with Gasteiger partial charge in [-0.25, -0.2) is 0 Å². The Labute approximate surface area is 110 Å². The third-order valence-electron chi connectivity index (χ3n) is 4.48. The monoisotopic (exact) mass is 245 g/mol. The van der Waals surface area contributed by atoms with Crippen LogP contribution in [0.2, 0.25) is 0 Å². The molecular formula is C16H23NO. The lowest BCUT2D eigenvalue weighted by Gasteiger charge is -2.27. The molecule has 1 aliphatic heterocycles. The molecule has 1 fully saturated rings. The number of nitrogens with zero attached hydrogens (tertiary/aromatic N) is 1. The predicted octanol–water partition coefficient (Wildman–Crippen LogP) is 3.22. The Kier molecular flexibility index (Phi) is 2.86. The summed E-state index contributed by atoms with van der Waals surface area (Å²) in [4.78, 5) is 2.59. The van der Waals surface area contributed by atoms with E-state index in [1.165, 1.54) is 36.9 Å². The molecule has 0 spiro atoms. The zero-order valence-corrected chi connectivity index (χ0v) is 11.4. The van der Waals surface area contributed by atoms with Gasteiger partial charge in [-0.1, -0.05) is 25.0 Å². The molecule has 1 N–H and O–H groups in total. The van der Waals surface area contributed by atoms with Crippen LogP contribution in [0.4, 0.5) is 5.69 Å². The lowest BCUT2D eigenvalue weighted by molar-refractivity contribution is 0.0785. The molecular weight excluding hydrogens is 222 g/mol. The number of hydrogen-bond donors (Lipinski definition) is 1. The minimum Gasteiger partial charge on any atom is -0.386 e. The molecule has 2 aliphatic rings. The summed E-state index contributed by atoms with van der Waals surface area (Å²) >= 11 is 0. The summed E-state index contributed by atoms with van der Waals surface area (Å²) in [6.45, 7) is 4.88. The van der Waals surface area contributed by atoms with Gasteiger partial charge < -0.3 is 10.0 Å². The number of benzene rings is 1. The van der Waals surface area contributed by atoms with Gasteiger partial charge in [-0.3, -0.25) is 0 Å². The van der Waals surface area contributed by atoms with E-state index in [0.29, 0.717) is 0 Å². The van der Waals surface area contributed by atoms with Crippen molar-refractivity contribution in [2.24, 2.45) is 0 Å². The highest BCUT2D eigenvalue weighted by Crippen LogP contribution is 2.36. The van der Waals surface area contributed by atoms with Gasteiger partial charge in [0.15, 0.2) is 0 Å². The van der Waals surface area contributed by atoms with E-state index < -0.39 is 5.60 Å². The molecule has 18 heavy (non-hydrogen) atoms. The highest BCUT2D eigenvalue weighted by molar-refractivity contribution is 5.60. The minimum absolute atomic E-state index is 0.726. The van der Waals surface area contributed by atoms with Crippen molar-refractivity contribution in [3.63, 3.8) is 0 Å². The molecule has 0 amide bonds. The van der Waals surface area contributed by atoms with Crippen molar-refractivity contribution in [3.05, 3.63) is 29.3 Å². The first-order valence-corrected chi connectivity index (χ1v) is 7.18. The standard InChI is InChI=1S/C16H23NO/c1-16(2,18)13-7-8-15-12(11-13)9-10-17(15)14-5-3-4-6-14/h7-8,11,14,18H,3-6,9-10H2,1-2H3. The second kappa shape index (κ2) is 4.27. The Morgan fingerprint density at radius 1 is 1.22 bits per heavy atom. The predicted molar refractivity (Wildman–Crippen MR) is 75.0 cm³/mol. The molecule has 0 aromatic heterocycles. The summed E-state index contributed by atoms with van der Waals surface area (Å²) in [5.74, 6) is 0. The molecule has 2 nitrogen and oxygen atoms in total. The van der Waals surface area contributed by atoms with Gasteiger partial charge in [0.25, 0.3) is 0 Å². The quantitative estimate of drug-likeness (QED) is 0.864. The van der Waals surface area contributed by atoms with Gasteiger partial charge in [-0.05, 0) is 50.3 Å². The van der Waals surface area contributed by atoms with Crippen molar-refractivity contribution in [1.29, 1.82) is 0 Å². The van der Waals surface area contributed by atoms with Crippen molar-refractivity contribution in [3.8, 4) is 0 Å². The summed E-state index contributed by atoms with van der Waals surface area (Å²) < 4.78 is 0. The van der Waals surface area contributed by atoms with Gasteiger partial charge in [0.05, 0.1) is 5.60 Å². The maximum atomic E-state index is 10.1. The van der Waals surface area contributed by atoms with Crippen LogP contribution in [0.1, 0.15) is 50.7 Å². The largest absolute Gasteiger partial charge is 0.386 e. The van der Waals surface area contributed by atoms with Crippen LogP contribution in [0.25, 0.3) is 0 Å². The molecule has 1 saturated carbocycles. The minimum atomic E-state index is -0.726. The topological polar surface area (TPSA) is 23.5 Å². The molecule has 3 rings (SSSR count). The highest BCUT2D eigenvalue weighted by Gasteiger charge is 2.29. The Hall–Kier alpha value is -1.02. The number of aliphatic hydroxyl groups is 1. The van der Waals surface area contributed by atoms with Crippen LogP contribution < -0.4 is 4.90 Å². The number of fused-ring (bicyclic) bond motifs is 1. The maximum Gasteiger partial charge on any atom is 0.0840 e. The highest BCUT2D eigenvalue weighted by atomic mass is 16.3. The van der Waals surface area contributed by atoms with Crippen LogP contribution >= 0.6 is 0 Å². The number of anilines is 1. The third-order valence-corrected chi connectivity index (χ3v) is 4.48. The fourth-order valence-electron chi connectivity index (χ4n) is 3.40. The van der Waals surface area contributed by atoms with E-state index in [0.717, 1.165) is 24.6 Å². The molecule has 0 radical (unpaired) electrons. The van der Waals surface area contributed by atoms with E-state index in [-0.39, 0.29) is 0 Å². The Balaban J connectivity index is 1.89. The molecule has 0 saturated heterocycles. The van der Waals surface area contributed by atoms with Crippen molar-refractivity contribution in [2.45, 2.75) is 57.6 Å². The van der Waals surface area contributed by atoms with Crippen LogP contribution in [0.3, 0.4) is 0 Å². The van der Waals surface area contributed by atoms with Crippen molar-refractivity contribution >= 4 is 5.69 Å². The summed E-state index contributed by atoms with van der Waals surface area (Å²) in [7, 11) is 0. The smallest absolute Gasteiger partial charge is 0.0840 e. The molecule has 1 heterocycles. The van der Waals surface area contributed by atoms with Gasteiger partial charge in [0.2, 0.25) is 0 Å². The normalized spacial score (nSPS) is 20.5. The molecule has 2 heteroatoms. The molecule has 0 bridgehead atoms. The van der Waals surface area contributed by atoms with Gasteiger partial charge in [-0.15, -0.1) is 0 Å². The maximum absolute atomic E-state index is 10.1. The van der Waals surface area contributed by atoms with E-state index in [2.05, 4.69) is 23.1 Å². The van der Waals surface area contributed by atoms with E-state index in [4.69, 9.17) is 0 Å². The first-order valence-electron chi connectivity index (χ1n) is 7.18. The first-order chi connectivity index (χ1) is 8.55. The Bertz CT molecular complexity index is 441. The second-order valence-corrected chi connectivity index (χ2v) is 6.28. The Morgan fingerprint density at radius 3 is 2.61 bits per heavy atom. The number of hydrogen-bond acceptors (Lipinski definition) is 2. The first kappa shape index (κ1) is 12.0. The van der Waals surface area contributed by atoms with E-state index in [1.807, 2.05) is 13.8 Å². The average molecular weight is 245 g/mol. The molecule has 1 aromatic carbocycles. The van der Waals surface area contributed by atoms with Crippen LogP contribution in [-0.2, 0) is 12.0 Å². The summed E-state index contributed by atoms with van der Waals surface area (Å²) in [6, 6.07) is 7.27. The van der Waals surface area contributed by atoms with Crippen LogP contribution in [-0.4, -0.2) is 17.7 Å². The zero-order chi connectivity index (χ0) is 12.8. The summed E-state index contributed by atoms with van der Waals surface area (Å²) in [5.41, 5.74) is 3.14. The van der Waals surface area contributed by atoms with Crippen LogP contribution in [0.15, 0.2) is 18.2 Å². The molecule has 0 unspecified atom stereocenters. The number of rotatable bonds is 2. The van der Waals surface area contributed by atoms with Crippen LogP contribution in [0.5, 0.6) is 0 Å². The van der Waals surface area contributed by atoms with Crippen molar-refractivity contribution in [1.82, 2.24) is 0 Å². The van der Waals surface area contributed by atoms with Crippen LogP contribution in [0, 0.1) is 0 Å². The zero-order valence-electron chi connectivity index (χ0n) is 11.4. The molecule has 98 valence electrons. The lowest BCUT2D eigenvalue weighted by atomic mass is 9.95. The van der Waals surface area contributed by atoms with Crippen molar-refractivity contribution in [2.75, 3.05) is 11.4 Å². The van der Waals surface area contributed by atoms with E-state index in [1.54, 1.807) is 0 Å². The molecule has 1 aromatic rings. The fraction of sp³-hybridized carbons (Fsp3) is 0.625. The average Bonchev–Trinajstić information content (AvgIpc) is 2.95. The third kappa shape index (κ3) is 2.03. The van der Waals surface area contributed by atoms with Crippen molar-refractivity contribution < 1.29 is 5.11 Å². The van der Waals surface area contributed by atoms with E-state index in [9.17, 15) is 5.11 Å². The van der Waals surface area contributed by atoms with Gasteiger partial charge >= 0.3 is 0 Å². The van der Waals surface area contributed by atoms with Gasteiger partial charge in [0.1, 0.15) is 0 Å². The Morgan fingerprint density at radius 2 is 1.94 bits per heavy atom. The fourth-order valence-corrected chi connectivity index (χ4v) is 3.40. The lowest BCUT2D eigenvalue weighted by Crippen LogP contribution is -2.31. The summed E-state index contributed by atoms with van der Waals surface area (Å²) in [6.07, 6.45) is 6.62.